The molecule has 1 aliphatic heterocycles. The van der Waals surface area contributed by atoms with Gasteiger partial charge in [0, 0.05) is 17.4 Å². The van der Waals surface area contributed by atoms with E-state index in [1.54, 1.807) is 0 Å². The number of carbonyl (C=O) groups is 2. The maximum absolute atomic E-state index is 14.7. The van der Waals surface area contributed by atoms with Gasteiger partial charge in [0.25, 0.3) is 18.3 Å². The van der Waals surface area contributed by atoms with Crippen molar-refractivity contribution in [3.05, 3.63) is 58.9 Å². The Kier molecular flexibility index (Phi) is 8.05. The standard InChI is InChI=1S/C19H15F7N4O2.CH2O2/c1-17(18(22,23)8-32-7-14(27)30-17)11-5-10(2-3-12(11)20)29-16(31)15-13(21)4-9(6-28-15)19(24,25)26;2-1-3/h2-6H,7-8H2,1H3,(H2,27,30)(H,29,31);1H,(H,2,3)/t17-;/m1./s1. The molecule has 1 aliphatic rings. The lowest BCUT2D eigenvalue weighted by Gasteiger charge is -2.33. The third-order valence-corrected chi connectivity index (χ3v) is 4.74. The lowest BCUT2D eigenvalue weighted by atomic mass is 9.85. The molecule has 0 aliphatic carbocycles. The molecule has 0 spiro atoms. The van der Waals surface area contributed by atoms with E-state index < -0.39 is 65.2 Å². The highest BCUT2D eigenvalue weighted by molar-refractivity contribution is 6.03. The van der Waals surface area contributed by atoms with Crippen molar-refractivity contribution >= 4 is 23.9 Å². The Labute approximate surface area is 192 Å². The van der Waals surface area contributed by atoms with E-state index >= 15 is 0 Å². The highest BCUT2D eigenvalue weighted by atomic mass is 19.4. The van der Waals surface area contributed by atoms with E-state index in [0.29, 0.717) is 0 Å². The second-order valence-corrected chi connectivity index (χ2v) is 7.18. The molecular formula is C20H17F7N4O4. The van der Waals surface area contributed by atoms with Gasteiger partial charge in [-0.3, -0.25) is 14.6 Å². The van der Waals surface area contributed by atoms with Gasteiger partial charge in [0.1, 0.15) is 24.9 Å². The van der Waals surface area contributed by atoms with Crippen LogP contribution in [0, 0.1) is 11.6 Å². The number of amides is 1. The number of rotatable bonds is 3. The fourth-order valence-corrected chi connectivity index (χ4v) is 3.01. The summed E-state index contributed by atoms with van der Waals surface area (Å²) in [6.07, 6.45) is -4.61. The average Bonchev–Trinajstić information content (AvgIpc) is 2.84. The lowest BCUT2D eigenvalue weighted by molar-refractivity contribution is -0.138. The molecule has 2 heterocycles. The molecule has 1 aromatic heterocycles. The molecule has 35 heavy (non-hydrogen) atoms. The molecule has 3 rings (SSSR count). The normalized spacial score (nSPS) is 19.5. The van der Waals surface area contributed by atoms with Crippen LogP contribution in [-0.4, -0.2) is 47.4 Å². The number of carboxylic acid groups (broad SMARTS) is 1. The number of alkyl halides is 5. The minimum absolute atomic E-state index is 0.0859. The zero-order valence-corrected chi connectivity index (χ0v) is 17.7. The zero-order chi connectivity index (χ0) is 26.6. The van der Waals surface area contributed by atoms with Gasteiger partial charge < -0.3 is 20.9 Å². The fourth-order valence-electron chi connectivity index (χ4n) is 3.01. The molecule has 0 bridgehead atoms. The SMILES string of the molecule is C[C@]1(c2cc(NC(=O)c3ncc(C(F)(F)F)cc3F)ccc2F)N=C(N)COCC1(F)F.O=CO. The molecule has 1 aromatic carbocycles. The first-order valence-electron chi connectivity index (χ1n) is 9.38. The van der Waals surface area contributed by atoms with E-state index in [0.717, 1.165) is 25.1 Å². The third kappa shape index (κ3) is 6.03. The lowest BCUT2D eigenvalue weighted by Crippen LogP contribution is -2.45. The highest BCUT2D eigenvalue weighted by Crippen LogP contribution is 2.44. The molecule has 4 N–H and O–H groups in total. The Bertz CT molecular complexity index is 1140. The smallest absolute Gasteiger partial charge is 0.417 e. The molecule has 8 nitrogen and oxygen atoms in total. The van der Waals surface area contributed by atoms with E-state index in [2.05, 4.69) is 15.3 Å². The summed E-state index contributed by atoms with van der Waals surface area (Å²) in [5, 5.41) is 8.98. The first-order chi connectivity index (χ1) is 16.2. The number of halogens is 7. The predicted octanol–water partition coefficient (Wildman–Crippen LogP) is 3.57. The second-order valence-electron chi connectivity index (χ2n) is 7.18. The number of hydrogen-bond acceptors (Lipinski definition) is 6. The van der Waals surface area contributed by atoms with Gasteiger partial charge in [0.2, 0.25) is 0 Å². The van der Waals surface area contributed by atoms with Crippen molar-refractivity contribution in [1.82, 2.24) is 4.98 Å². The number of aliphatic imine (C=N–C) groups is 1. The Hall–Kier alpha value is -3.75. The first kappa shape index (κ1) is 27.5. The van der Waals surface area contributed by atoms with E-state index in [1.807, 2.05) is 0 Å². The largest absolute Gasteiger partial charge is 0.483 e. The van der Waals surface area contributed by atoms with Crippen LogP contribution in [0.15, 0.2) is 35.5 Å². The monoisotopic (exact) mass is 510 g/mol. The topological polar surface area (TPSA) is 127 Å². The first-order valence-corrected chi connectivity index (χ1v) is 9.38. The molecule has 0 unspecified atom stereocenters. The van der Waals surface area contributed by atoms with Crippen LogP contribution in [0.1, 0.15) is 28.5 Å². The van der Waals surface area contributed by atoms with Crippen molar-refractivity contribution in [1.29, 1.82) is 0 Å². The van der Waals surface area contributed by atoms with Crippen LogP contribution in [0.4, 0.5) is 36.4 Å². The van der Waals surface area contributed by atoms with Gasteiger partial charge in [-0.05, 0) is 31.2 Å². The molecule has 15 heteroatoms. The van der Waals surface area contributed by atoms with Gasteiger partial charge in [-0.25, -0.2) is 22.5 Å². The van der Waals surface area contributed by atoms with Crippen LogP contribution >= 0.6 is 0 Å². The minimum atomic E-state index is -4.87. The molecule has 0 saturated carbocycles. The number of benzene rings is 1. The molecule has 2 aromatic rings. The number of amidine groups is 1. The number of nitrogens with one attached hydrogen (secondary N) is 1. The van der Waals surface area contributed by atoms with Crippen LogP contribution in [0.25, 0.3) is 0 Å². The van der Waals surface area contributed by atoms with E-state index in [9.17, 15) is 35.5 Å². The van der Waals surface area contributed by atoms with Crippen LogP contribution in [-0.2, 0) is 21.2 Å². The predicted molar refractivity (Wildman–Crippen MR) is 107 cm³/mol. The van der Waals surface area contributed by atoms with E-state index in [4.69, 9.17) is 20.4 Å². The number of carbonyl (C=O) groups excluding carboxylic acids is 1. The number of aromatic nitrogens is 1. The van der Waals surface area contributed by atoms with Gasteiger partial charge in [0.05, 0.1) is 5.56 Å². The second kappa shape index (κ2) is 10.2. The summed E-state index contributed by atoms with van der Waals surface area (Å²) in [5.41, 5.74) is -0.252. The number of nitrogens with two attached hydrogens (primary N) is 1. The summed E-state index contributed by atoms with van der Waals surface area (Å²) in [4.78, 5) is 27.5. The van der Waals surface area contributed by atoms with Crippen LogP contribution in [0.5, 0.6) is 0 Å². The maximum atomic E-state index is 14.7. The molecule has 0 fully saturated rings. The van der Waals surface area contributed by atoms with Crippen molar-refractivity contribution in [2.24, 2.45) is 10.7 Å². The Morgan fingerprint density at radius 3 is 2.43 bits per heavy atom. The summed E-state index contributed by atoms with van der Waals surface area (Å²) in [5.74, 6) is -7.94. The Balaban J connectivity index is 0.00000137. The third-order valence-electron chi connectivity index (χ3n) is 4.74. The molecule has 190 valence electrons. The zero-order valence-electron chi connectivity index (χ0n) is 17.7. The number of pyridine rings is 1. The molecule has 1 atom stereocenters. The minimum Gasteiger partial charge on any atom is -0.483 e. The van der Waals surface area contributed by atoms with E-state index in [-0.39, 0.29) is 30.3 Å². The van der Waals surface area contributed by atoms with Crippen molar-refractivity contribution < 1.29 is 50.2 Å². The van der Waals surface area contributed by atoms with Gasteiger partial charge in [-0.1, -0.05) is 0 Å². The molecule has 0 radical (unpaired) electrons. The maximum Gasteiger partial charge on any atom is 0.417 e. The van der Waals surface area contributed by atoms with Crippen molar-refractivity contribution in [2.75, 3.05) is 18.5 Å². The number of ether oxygens (including phenoxy) is 1. The average molecular weight is 510 g/mol. The molecule has 0 saturated heterocycles. The Morgan fingerprint density at radius 2 is 1.86 bits per heavy atom. The Morgan fingerprint density at radius 1 is 1.23 bits per heavy atom. The van der Waals surface area contributed by atoms with Crippen LogP contribution in [0.2, 0.25) is 0 Å². The fraction of sp³-hybridized carbons (Fsp3) is 0.300. The van der Waals surface area contributed by atoms with E-state index in [1.165, 1.54) is 0 Å². The molecular weight excluding hydrogens is 493 g/mol. The van der Waals surface area contributed by atoms with Crippen LogP contribution in [0.3, 0.4) is 0 Å². The number of nitrogens with zero attached hydrogens (tertiary/aromatic N) is 2. The summed E-state index contributed by atoms with van der Waals surface area (Å²) < 4.78 is 101. The molecule has 1 amide bonds. The van der Waals surface area contributed by atoms with Gasteiger partial charge in [-0.15, -0.1) is 0 Å². The summed E-state index contributed by atoms with van der Waals surface area (Å²) in [6, 6.07) is 2.68. The highest BCUT2D eigenvalue weighted by Gasteiger charge is 2.54. The van der Waals surface area contributed by atoms with Gasteiger partial charge >= 0.3 is 6.18 Å². The number of hydrogen-bond donors (Lipinski definition) is 3. The van der Waals surface area contributed by atoms with Crippen molar-refractivity contribution in [3.8, 4) is 0 Å². The van der Waals surface area contributed by atoms with Crippen molar-refractivity contribution in [3.63, 3.8) is 0 Å². The van der Waals surface area contributed by atoms with Gasteiger partial charge in [0.15, 0.2) is 17.1 Å². The number of anilines is 1. The van der Waals surface area contributed by atoms with Crippen molar-refractivity contribution in [2.45, 2.75) is 24.6 Å². The summed E-state index contributed by atoms with van der Waals surface area (Å²) in [6.45, 7) is -0.831. The summed E-state index contributed by atoms with van der Waals surface area (Å²) >= 11 is 0. The van der Waals surface area contributed by atoms with Crippen LogP contribution < -0.4 is 11.1 Å². The summed E-state index contributed by atoms with van der Waals surface area (Å²) in [7, 11) is 0. The van der Waals surface area contributed by atoms with Gasteiger partial charge in [-0.2, -0.15) is 13.2 Å². The quantitative estimate of drug-likeness (QED) is 0.428.